The Morgan fingerprint density at radius 2 is 2.07 bits per heavy atom. The quantitative estimate of drug-likeness (QED) is 0.618. The molecule has 0 aromatic heterocycles. The lowest BCUT2D eigenvalue weighted by Crippen LogP contribution is -2.45. The van der Waals surface area contributed by atoms with Crippen LogP contribution < -0.4 is 5.32 Å². The Morgan fingerprint density at radius 3 is 2.64 bits per heavy atom. The largest absolute Gasteiger partial charge is 0.504 e. The number of nitrogens with one attached hydrogen (secondary N) is 1. The highest BCUT2D eigenvalue weighted by Gasteiger charge is 2.16. The smallest absolute Gasteiger partial charge is 0.157 e. The first-order valence-corrected chi connectivity index (χ1v) is 4.57. The van der Waals surface area contributed by atoms with Crippen molar-refractivity contribution in [2.24, 2.45) is 0 Å². The van der Waals surface area contributed by atoms with E-state index in [9.17, 15) is 5.11 Å². The number of hydrogen-bond donors (Lipinski definition) is 3. The average Bonchev–Trinajstić information content (AvgIpc) is 2.08. The number of phenolic OH excluding ortho intramolecular Hbond substituents is 2. The van der Waals surface area contributed by atoms with E-state index in [4.69, 9.17) is 9.84 Å². The predicted molar refractivity (Wildman–Crippen MR) is 51.2 cm³/mol. The van der Waals surface area contributed by atoms with Crippen molar-refractivity contribution in [1.82, 2.24) is 5.32 Å². The van der Waals surface area contributed by atoms with Crippen LogP contribution in [0.1, 0.15) is 5.56 Å². The van der Waals surface area contributed by atoms with E-state index in [2.05, 4.69) is 5.32 Å². The summed E-state index contributed by atoms with van der Waals surface area (Å²) in [6.07, 6.45) is 0. The minimum atomic E-state index is -0.0827. The van der Waals surface area contributed by atoms with Crippen molar-refractivity contribution < 1.29 is 14.9 Å². The van der Waals surface area contributed by atoms with Crippen molar-refractivity contribution in [1.29, 1.82) is 0 Å². The van der Waals surface area contributed by atoms with Crippen molar-refractivity contribution in [3.63, 3.8) is 0 Å². The van der Waals surface area contributed by atoms with Gasteiger partial charge in [-0.1, -0.05) is 6.07 Å². The third-order valence-corrected chi connectivity index (χ3v) is 2.27. The third-order valence-electron chi connectivity index (χ3n) is 2.27. The summed E-state index contributed by atoms with van der Waals surface area (Å²) < 4.78 is 5.01. The van der Waals surface area contributed by atoms with Gasteiger partial charge in [0.25, 0.3) is 0 Å². The summed E-state index contributed by atoms with van der Waals surface area (Å²) in [6.45, 7) is 2.19. The number of phenols is 2. The first-order valence-electron chi connectivity index (χ1n) is 4.57. The van der Waals surface area contributed by atoms with Gasteiger partial charge in [0.05, 0.1) is 19.3 Å². The van der Waals surface area contributed by atoms with Crippen LogP contribution >= 0.6 is 0 Å². The molecule has 1 heterocycles. The molecule has 3 N–H and O–H groups in total. The van der Waals surface area contributed by atoms with E-state index >= 15 is 0 Å². The maximum atomic E-state index is 9.23. The fourth-order valence-electron chi connectivity index (χ4n) is 1.29. The molecular weight excluding hydrogens is 182 g/mol. The Balaban J connectivity index is 1.91. The number of benzene rings is 1. The van der Waals surface area contributed by atoms with Gasteiger partial charge in [0.1, 0.15) is 0 Å². The minimum absolute atomic E-state index is 0.0749. The first-order chi connectivity index (χ1) is 6.75. The number of aromatic hydroxyl groups is 2. The van der Waals surface area contributed by atoms with E-state index in [1.54, 1.807) is 12.1 Å². The summed E-state index contributed by atoms with van der Waals surface area (Å²) >= 11 is 0. The standard InChI is InChI=1S/C10H13NO3/c12-9-2-1-7(3-10(9)13)4-11-8-5-14-6-8/h1-3,8,11-13H,4-6H2. The molecule has 4 heteroatoms. The van der Waals surface area contributed by atoms with Crippen LogP contribution in [0, 0.1) is 0 Å². The molecule has 14 heavy (non-hydrogen) atoms. The molecule has 2 rings (SSSR count). The van der Waals surface area contributed by atoms with Crippen molar-refractivity contribution in [2.75, 3.05) is 13.2 Å². The topological polar surface area (TPSA) is 61.7 Å². The molecule has 1 aromatic carbocycles. The maximum absolute atomic E-state index is 9.23. The van der Waals surface area contributed by atoms with Crippen LogP contribution in [-0.2, 0) is 11.3 Å². The zero-order chi connectivity index (χ0) is 9.97. The summed E-state index contributed by atoms with van der Waals surface area (Å²) in [7, 11) is 0. The summed E-state index contributed by atoms with van der Waals surface area (Å²) in [5, 5.41) is 21.6. The highest BCUT2D eigenvalue weighted by Crippen LogP contribution is 2.24. The summed E-state index contributed by atoms with van der Waals surface area (Å²) in [5.41, 5.74) is 0.951. The molecule has 1 fully saturated rings. The van der Waals surface area contributed by atoms with Gasteiger partial charge < -0.3 is 20.3 Å². The molecule has 0 bridgehead atoms. The molecule has 76 valence electrons. The molecule has 0 unspecified atom stereocenters. The first kappa shape index (κ1) is 9.30. The normalized spacial score (nSPS) is 16.6. The van der Waals surface area contributed by atoms with E-state index in [0.717, 1.165) is 18.8 Å². The van der Waals surface area contributed by atoms with Gasteiger partial charge in [-0.2, -0.15) is 0 Å². The lowest BCUT2D eigenvalue weighted by molar-refractivity contribution is -0.00579. The van der Waals surface area contributed by atoms with Gasteiger partial charge in [-0.05, 0) is 17.7 Å². The second kappa shape index (κ2) is 3.86. The van der Waals surface area contributed by atoms with Crippen LogP contribution in [0.3, 0.4) is 0 Å². The van der Waals surface area contributed by atoms with Crippen molar-refractivity contribution >= 4 is 0 Å². The van der Waals surface area contributed by atoms with E-state index in [1.165, 1.54) is 6.07 Å². The van der Waals surface area contributed by atoms with Gasteiger partial charge in [-0.25, -0.2) is 0 Å². The number of hydrogen-bond acceptors (Lipinski definition) is 4. The van der Waals surface area contributed by atoms with Crippen LogP contribution in [-0.4, -0.2) is 29.5 Å². The van der Waals surface area contributed by atoms with Crippen LogP contribution in [0.25, 0.3) is 0 Å². The van der Waals surface area contributed by atoms with Gasteiger partial charge in [0, 0.05) is 6.54 Å². The Morgan fingerprint density at radius 1 is 1.29 bits per heavy atom. The van der Waals surface area contributed by atoms with Crippen molar-refractivity contribution in [3.05, 3.63) is 23.8 Å². The number of ether oxygens (including phenoxy) is 1. The van der Waals surface area contributed by atoms with Crippen molar-refractivity contribution in [3.8, 4) is 11.5 Å². The molecule has 0 aliphatic carbocycles. The molecule has 1 aromatic rings. The van der Waals surface area contributed by atoms with Gasteiger partial charge >= 0.3 is 0 Å². The average molecular weight is 195 g/mol. The Hall–Kier alpha value is -1.26. The molecule has 4 nitrogen and oxygen atoms in total. The van der Waals surface area contributed by atoms with Gasteiger partial charge in [0.15, 0.2) is 11.5 Å². The Bertz CT molecular complexity index is 323. The second-order valence-corrected chi connectivity index (χ2v) is 3.44. The Kier molecular flexibility index (Phi) is 2.56. The third kappa shape index (κ3) is 1.97. The lowest BCUT2D eigenvalue weighted by atomic mass is 10.2. The van der Waals surface area contributed by atoms with Gasteiger partial charge in [-0.15, -0.1) is 0 Å². The maximum Gasteiger partial charge on any atom is 0.157 e. The monoisotopic (exact) mass is 195 g/mol. The zero-order valence-corrected chi connectivity index (χ0v) is 7.73. The predicted octanol–water partition coefficient (Wildman–Crippen LogP) is 0.586. The van der Waals surface area contributed by atoms with Crippen LogP contribution in [0.5, 0.6) is 11.5 Å². The molecule has 0 amide bonds. The van der Waals surface area contributed by atoms with Crippen molar-refractivity contribution in [2.45, 2.75) is 12.6 Å². The van der Waals surface area contributed by atoms with E-state index < -0.39 is 0 Å². The molecule has 1 aliphatic heterocycles. The fraction of sp³-hybridized carbons (Fsp3) is 0.400. The highest BCUT2D eigenvalue weighted by molar-refractivity contribution is 5.40. The molecule has 0 radical (unpaired) electrons. The molecule has 0 atom stereocenters. The highest BCUT2D eigenvalue weighted by atomic mass is 16.5. The molecular formula is C10H13NO3. The van der Waals surface area contributed by atoms with Crippen LogP contribution in [0.15, 0.2) is 18.2 Å². The Labute approximate surface area is 82.1 Å². The van der Waals surface area contributed by atoms with Gasteiger partial charge in [0.2, 0.25) is 0 Å². The summed E-state index contributed by atoms with van der Waals surface area (Å²) in [5.74, 6) is -0.158. The summed E-state index contributed by atoms with van der Waals surface area (Å²) in [4.78, 5) is 0. The second-order valence-electron chi connectivity index (χ2n) is 3.44. The SMILES string of the molecule is Oc1ccc(CNC2COC2)cc1O. The fourth-order valence-corrected chi connectivity index (χ4v) is 1.29. The minimum Gasteiger partial charge on any atom is -0.504 e. The molecule has 0 saturated carbocycles. The van der Waals surface area contributed by atoms with Gasteiger partial charge in [-0.3, -0.25) is 0 Å². The summed E-state index contributed by atoms with van der Waals surface area (Å²) in [6, 6.07) is 5.25. The lowest BCUT2D eigenvalue weighted by Gasteiger charge is -2.27. The van der Waals surface area contributed by atoms with Crippen LogP contribution in [0.4, 0.5) is 0 Å². The van der Waals surface area contributed by atoms with E-state index in [-0.39, 0.29) is 11.5 Å². The van der Waals surface area contributed by atoms with E-state index in [1.807, 2.05) is 0 Å². The van der Waals surface area contributed by atoms with Crippen LogP contribution in [0.2, 0.25) is 0 Å². The molecule has 0 spiro atoms. The molecule has 1 aliphatic rings. The van der Waals surface area contributed by atoms with E-state index in [0.29, 0.717) is 12.6 Å². The molecule has 1 saturated heterocycles. The zero-order valence-electron chi connectivity index (χ0n) is 7.73. The number of rotatable bonds is 3.